The van der Waals surface area contributed by atoms with E-state index in [0.29, 0.717) is 16.1 Å². The number of fused-ring (bicyclic) bond motifs is 1. The van der Waals surface area contributed by atoms with Crippen molar-refractivity contribution in [3.63, 3.8) is 0 Å². The number of amidine groups is 1. The summed E-state index contributed by atoms with van der Waals surface area (Å²) in [6.07, 6.45) is 1.63. The van der Waals surface area contributed by atoms with Crippen molar-refractivity contribution in [3.05, 3.63) is 70.6 Å². The molecule has 0 aliphatic carbocycles. The molecule has 0 atom stereocenters. The van der Waals surface area contributed by atoms with Gasteiger partial charge in [-0.3, -0.25) is 9.59 Å². The summed E-state index contributed by atoms with van der Waals surface area (Å²) in [4.78, 5) is 28.4. The highest BCUT2D eigenvalue weighted by atomic mass is 35.5. The van der Waals surface area contributed by atoms with E-state index < -0.39 is 11.8 Å². The number of nitrogens with one attached hydrogen (secondary N) is 1. The zero-order chi connectivity index (χ0) is 24.7. The third-order valence-electron chi connectivity index (χ3n) is 3.62. The predicted octanol–water partition coefficient (Wildman–Crippen LogP) is 4.41. The van der Waals surface area contributed by atoms with E-state index in [1.165, 1.54) is 24.3 Å². The van der Waals surface area contributed by atoms with Crippen LogP contribution in [-0.4, -0.2) is 34.3 Å². The maximum Gasteiger partial charge on any atom is 0.249 e. The predicted molar refractivity (Wildman–Crippen MR) is 128 cm³/mol. The number of carbonyl (C=O) groups excluding carboxylic acids is 2. The third kappa shape index (κ3) is 9.28. The summed E-state index contributed by atoms with van der Waals surface area (Å²) in [5.74, 6) is -1.25. The fourth-order valence-electron chi connectivity index (χ4n) is 2.27. The van der Waals surface area contributed by atoms with Crippen molar-refractivity contribution in [2.45, 2.75) is 34.1 Å². The summed E-state index contributed by atoms with van der Waals surface area (Å²) in [7, 11) is 0. The smallest absolute Gasteiger partial charge is 0.249 e. The van der Waals surface area contributed by atoms with E-state index in [2.05, 4.69) is 9.98 Å². The molecule has 0 saturated heterocycles. The molecule has 0 bridgehead atoms. The highest BCUT2D eigenvalue weighted by Gasteiger charge is 2.09. The average molecular weight is 465 g/mol. The number of carbonyl (C=O) groups is 2. The molecule has 0 unspecified atom stereocenters. The summed E-state index contributed by atoms with van der Waals surface area (Å²) in [6, 6.07) is 10.4. The molecule has 7 nitrogen and oxygen atoms in total. The van der Waals surface area contributed by atoms with Gasteiger partial charge in [0.05, 0.1) is 13.0 Å². The Bertz CT molecular complexity index is 1020. The summed E-state index contributed by atoms with van der Waals surface area (Å²) in [5, 5.41) is 10.0. The Kier molecular flexibility index (Phi) is 14.0. The van der Waals surface area contributed by atoms with E-state index in [-0.39, 0.29) is 24.7 Å². The summed E-state index contributed by atoms with van der Waals surface area (Å²) >= 11 is 5.91. The molecule has 9 heteroatoms. The van der Waals surface area contributed by atoms with Crippen molar-refractivity contribution in [1.29, 1.82) is 0 Å². The summed E-state index contributed by atoms with van der Waals surface area (Å²) in [6.45, 7) is 7.76. The second-order valence-corrected chi connectivity index (χ2v) is 6.06. The monoisotopic (exact) mass is 464 g/mol. The highest BCUT2D eigenvalue weighted by Crippen LogP contribution is 2.22. The minimum Gasteiger partial charge on any atom is -0.396 e. The number of amides is 2. The molecule has 3 aromatic rings. The van der Waals surface area contributed by atoms with Gasteiger partial charge in [-0.2, -0.15) is 4.99 Å². The lowest BCUT2D eigenvalue weighted by Gasteiger charge is -1.99. The number of aliphatic hydroxyl groups is 1. The SMILES string of the molecule is CC.CC.NC(=NC(=O)CCO)c1c[nH]c2ccc(Cl)cc12.NC(=O)c1ccc(F)cc1. The lowest BCUT2D eigenvalue weighted by atomic mass is 10.1. The van der Waals surface area contributed by atoms with Crippen LogP contribution in [0, 0.1) is 5.82 Å². The first-order valence-corrected chi connectivity index (χ1v) is 10.5. The Balaban J connectivity index is 0.000000582. The van der Waals surface area contributed by atoms with E-state index in [1.54, 1.807) is 18.3 Å². The number of aliphatic imine (C=N–C) groups is 1. The first kappa shape index (κ1) is 28.8. The van der Waals surface area contributed by atoms with Crippen LogP contribution in [0.4, 0.5) is 4.39 Å². The number of nitrogens with zero attached hydrogens (tertiary/aromatic N) is 1. The molecule has 0 aliphatic heterocycles. The molecule has 3 rings (SSSR count). The maximum absolute atomic E-state index is 12.2. The van der Waals surface area contributed by atoms with Crippen LogP contribution in [0.1, 0.15) is 50.0 Å². The number of rotatable bonds is 4. The van der Waals surface area contributed by atoms with Crippen LogP contribution in [0.5, 0.6) is 0 Å². The minimum atomic E-state index is -0.542. The number of halogens is 2. The largest absolute Gasteiger partial charge is 0.396 e. The number of hydrogen-bond donors (Lipinski definition) is 4. The lowest BCUT2D eigenvalue weighted by molar-refractivity contribution is -0.118. The summed E-state index contributed by atoms with van der Waals surface area (Å²) in [5.41, 5.74) is 12.5. The van der Waals surface area contributed by atoms with Crippen LogP contribution >= 0.6 is 11.6 Å². The van der Waals surface area contributed by atoms with Gasteiger partial charge < -0.3 is 21.6 Å². The molecule has 1 heterocycles. The molecule has 2 amide bonds. The average Bonchev–Trinajstić information content (AvgIpc) is 3.20. The van der Waals surface area contributed by atoms with Crippen molar-refractivity contribution in [3.8, 4) is 0 Å². The van der Waals surface area contributed by atoms with Crippen LogP contribution < -0.4 is 11.5 Å². The Morgan fingerprint density at radius 3 is 2.19 bits per heavy atom. The number of primary amides is 1. The number of benzene rings is 2. The topological polar surface area (TPSA) is 135 Å². The van der Waals surface area contributed by atoms with Crippen molar-refractivity contribution in [1.82, 2.24) is 4.98 Å². The summed E-state index contributed by atoms with van der Waals surface area (Å²) < 4.78 is 12.2. The van der Waals surface area contributed by atoms with E-state index in [9.17, 15) is 14.0 Å². The Morgan fingerprint density at radius 1 is 1.06 bits per heavy atom. The Morgan fingerprint density at radius 2 is 1.66 bits per heavy atom. The van der Waals surface area contributed by atoms with Crippen LogP contribution in [0.2, 0.25) is 5.02 Å². The van der Waals surface area contributed by atoms with Crippen molar-refractivity contribution < 1.29 is 19.1 Å². The molecule has 1 aromatic heterocycles. The molecule has 0 fully saturated rings. The van der Waals surface area contributed by atoms with Crippen LogP contribution in [0.3, 0.4) is 0 Å². The molecule has 0 radical (unpaired) electrons. The van der Waals surface area contributed by atoms with Crippen molar-refractivity contribution in [2.75, 3.05) is 6.61 Å². The van der Waals surface area contributed by atoms with Gasteiger partial charge in [0.1, 0.15) is 11.7 Å². The fourth-order valence-corrected chi connectivity index (χ4v) is 2.44. The van der Waals surface area contributed by atoms with Gasteiger partial charge in [-0.05, 0) is 42.5 Å². The molecular formula is C23H30ClFN4O3. The van der Waals surface area contributed by atoms with Crippen molar-refractivity contribution >= 4 is 40.2 Å². The highest BCUT2D eigenvalue weighted by molar-refractivity contribution is 6.31. The van der Waals surface area contributed by atoms with Gasteiger partial charge in [0.15, 0.2) is 0 Å². The quantitative estimate of drug-likeness (QED) is 0.336. The number of hydrogen-bond acceptors (Lipinski definition) is 3. The molecular weight excluding hydrogens is 435 g/mol. The molecule has 0 spiro atoms. The number of aromatic nitrogens is 1. The fraction of sp³-hybridized carbons (Fsp3) is 0.261. The second kappa shape index (κ2) is 15.6. The third-order valence-corrected chi connectivity index (χ3v) is 3.85. The van der Waals surface area contributed by atoms with Crippen LogP contribution in [0.25, 0.3) is 10.9 Å². The molecule has 2 aromatic carbocycles. The van der Waals surface area contributed by atoms with Crippen LogP contribution in [-0.2, 0) is 4.79 Å². The number of nitrogens with two attached hydrogens (primary N) is 2. The Hall–Kier alpha value is -3.23. The normalized spacial score (nSPS) is 10.0. The zero-order valence-corrected chi connectivity index (χ0v) is 19.4. The van der Waals surface area contributed by atoms with E-state index in [0.717, 1.165) is 10.9 Å². The van der Waals surface area contributed by atoms with Gasteiger partial charge in [-0.25, -0.2) is 4.39 Å². The van der Waals surface area contributed by atoms with Gasteiger partial charge in [0.2, 0.25) is 11.8 Å². The second-order valence-electron chi connectivity index (χ2n) is 5.63. The first-order valence-electron chi connectivity index (χ1n) is 10.1. The number of aromatic amines is 1. The van der Waals surface area contributed by atoms with E-state index in [4.69, 9.17) is 28.2 Å². The standard InChI is InChI=1S/C12H12ClN3O2.C7H6FNO.2C2H6/c13-7-1-2-10-8(5-7)9(6-15-10)12(14)16-11(18)3-4-17;8-6-3-1-5(2-4-6)7(9)10;2*1-2/h1-2,5-6,15,17H,3-4H2,(H2,14,16,18);1-4H,(H2,9,10);2*1-2H3. The number of aliphatic hydroxyl groups excluding tert-OH is 1. The van der Waals surface area contributed by atoms with Crippen molar-refractivity contribution in [2.24, 2.45) is 16.5 Å². The molecule has 6 N–H and O–H groups in total. The zero-order valence-electron chi connectivity index (χ0n) is 18.7. The lowest BCUT2D eigenvalue weighted by Crippen LogP contribution is -2.15. The van der Waals surface area contributed by atoms with Gasteiger partial charge in [0.25, 0.3) is 0 Å². The number of H-pyrrole nitrogens is 1. The van der Waals surface area contributed by atoms with Gasteiger partial charge in [-0.15, -0.1) is 0 Å². The van der Waals surface area contributed by atoms with E-state index >= 15 is 0 Å². The minimum absolute atomic E-state index is 0.0379. The molecule has 32 heavy (non-hydrogen) atoms. The molecule has 174 valence electrons. The van der Waals surface area contributed by atoms with Crippen LogP contribution in [0.15, 0.2) is 53.7 Å². The maximum atomic E-state index is 12.2. The Labute approximate surface area is 192 Å². The molecule has 0 saturated carbocycles. The van der Waals surface area contributed by atoms with Gasteiger partial charge in [-0.1, -0.05) is 39.3 Å². The first-order chi connectivity index (χ1) is 15.3. The van der Waals surface area contributed by atoms with Gasteiger partial charge >= 0.3 is 0 Å². The van der Waals surface area contributed by atoms with E-state index in [1.807, 2.05) is 33.8 Å². The molecule has 0 aliphatic rings. The van der Waals surface area contributed by atoms with Gasteiger partial charge in [0, 0.05) is 33.2 Å².